The minimum Gasteiger partial charge on any atom is -0.370 e. The maximum Gasteiger partial charge on any atom is 0.243 e. The molecule has 0 aliphatic carbocycles. The molecule has 2 N–H and O–H groups in total. The number of hydrogen-bond acceptors (Lipinski definition) is 3. The van der Waals surface area contributed by atoms with E-state index in [2.05, 4.69) is 15.5 Å². The Hall–Kier alpha value is -2.82. The van der Waals surface area contributed by atoms with Crippen LogP contribution in [0, 0.1) is 0 Å². The van der Waals surface area contributed by atoms with Crippen LogP contribution in [0.4, 0.5) is 11.4 Å². The third-order valence-electron chi connectivity index (χ3n) is 4.53. The molecule has 0 unspecified atom stereocenters. The minimum atomic E-state index is -0.212. The first kappa shape index (κ1) is 18.0. The van der Waals surface area contributed by atoms with Gasteiger partial charge < -0.3 is 15.5 Å². The molecule has 0 bridgehead atoms. The highest BCUT2D eigenvalue weighted by Crippen LogP contribution is 2.28. The molecule has 1 saturated heterocycles. The molecule has 136 valence electrons. The number of piperidine rings is 1. The van der Waals surface area contributed by atoms with Gasteiger partial charge in [0.2, 0.25) is 11.8 Å². The van der Waals surface area contributed by atoms with Crippen LogP contribution in [-0.4, -0.2) is 31.4 Å². The zero-order valence-electron chi connectivity index (χ0n) is 14.9. The van der Waals surface area contributed by atoms with Gasteiger partial charge in [0.1, 0.15) is 0 Å². The molecular weight excluding hydrogens is 326 g/mol. The topological polar surface area (TPSA) is 61.4 Å². The fraction of sp³-hybridized carbons (Fsp3) is 0.333. The summed E-state index contributed by atoms with van der Waals surface area (Å²) in [7, 11) is 0. The molecule has 0 radical (unpaired) electrons. The van der Waals surface area contributed by atoms with Crippen molar-refractivity contribution in [3.05, 3.63) is 60.2 Å². The van der Waals surface area contributed by atoms with Crippen LogP contribution in [0.1, 0.15) is 24.8 Å². The van der Waals surface area contributed by atoms with Crippen molar-refractivity contribution >= 4 is 23.2 Å². The van der Waals surface area contributed by atoms with E-state index in [0.717, 1.165) is 30.0 Å². The highest BCUT2D eigenvalue weighted by Gasteiger charge is 2.15. The quantitative estimate of drug-likeness (QED) is 0.841. The summed E-state index contributed by atoms with van der Waals surface area (Å²) in [6, 6.07) is 17.3. The number of rotatable bonds is 6. The van der Waals surface area contributed by atoms with Gasteiger partial charge in [-0.3, -0.25) is 9.59 Å². The molecule has 1 aliphatic heterocycles. The molecule has 0 saturated carbocycles. The largest absolute Gasteiger partial charge is 0.370 e. The van der Waals surface area contributed by atoms with E-state index in [-0.39, 0.29) is 24.8 Å². The summed E-state index contributed by atoms with van der Waals surface area (Å²) in [5.74, 6) is -0.369. The lowest BCUT2D eigenvalue weighted by atomic mass is 10.1. The van der Waals surface area contributed by atoms with Gasteiger partial charge >= 0.3 is 0 Å². The van der Waals surface area contributed by atoms with Crippen LogP contribution >= 0.6 is 0 Å². The first-order chi connectivity index (χ1) is 12.7. The number of carbonyl (C=O) groups is 2. The Kier molecular flexibility index (Phi) is 6.25. The van der Waals surface area contributed by atoms with Crippen LogP contribution in [0.3, 0.4) is 0 Å². The summed E-state index contributed by atoms with van der Waals surface area (Å²) >= 11 is 0. The SMILES string of the molecule is O=C(Cc1ccccc1)NCC(=O)Nc1ccccc1N1CCCCC1. The predicted octanol–water partition coefficient (Wildman–Crippen LogP) is 2.97. The third-order valence-corrected chi connectivity index (χ3v) is 4.53. The fourth-order valence-corrected chi connectivity index (χ4v) is 3.21. The Morgan fingerprint density at radius 1 is 0.846 bits per heavy atom. The Bertz CT molecular complexity index is 740. The average molecular weight is 351 g/mol. The van der Waals surface area contributed by atoms with Gasteiger partial charge in [-0.25, -0.2) is 0 Å². The molecular formula is C21H25N3O2. The number of carbonyl (C=O) groups excluding carboxylic acids is 2. The second kappa shape index (κ2) is 9.04. The van der Waals surface area contributed by atoms with Gasteiger partial charge in [-0.05, 0) is 37.0 Å². The monoisotopic (exact) mass is 351 g/mol. The number of para-hydroxylation sites is 2. The molecule has 1 fully saturated rings. The lowest BCUT2D eigenvalue weighted by Crippen LogP contribution is -2.35. The van der Waals surface area contributed by atoms with Crippen molar-refractivity contribution in [2.24, 2.45) is 0 Å². The van der Waals surface area contributed by atoms with Crippen molar-refractivity contribution in [1.29, 1.82) is 0 Å². The molecule has 26 heavy (non-hydrogen) atoms. The molecule has 1 heterocycles. The zero-order chi connectivity index (χ0) is 18.2. The van der Waals surface area contributed by atoms with E-state index in [1.807, 2.05) is 54.6 Å². The van der Waals surface area contributed by atoms with Gasteiger partial charge in [-0.1, -0.05) is 42.5 Å². The number of hydrogen-bond donors (Lipinski definition) is 2. The van der Waals surface area contributed by atoms with E-state index in [1.54, 1.807) is 0 Å². The number of benzene rings is 2. The maximum absolute atomic E-state index is 12.3. The fourth-order valence-electron chi connectivity index (χ4n) is 3.21. The minimum absolute atomic E-state index is 0.0278. The molecule has 2 aromatic carbocycles. The maximum atomic E-state index is 12.3. The van der Waals surface area contributed by atoms with Crippen LogP contribution in [0.25, 0.3) is 0 Å². The van der Waals surface area contributed by atoms with Crippen LogP contribution < -0.4 is 15.5 Å². The van der Waals surface area contributed by atoms with Gasteiger partial charge in [0.15, 0.2) is 0 Å². The second-order valence-corrected chi connectivity index (χ2v) is 6.55. The molecule has 0 aromatic heterocycles. The van der Waals surface area contributed by atoms with E-state index in [4.69, 9.17) is 0 Å². The summed E-state index contributed by atoms with van der Waals surface area (Å²) in [6.45, 7) is 2.00. The van der Waals surface area contributed by atoms with Gasteiger partial charge in [0, 0.05) is 13.1 Å². The van der Waals surface area contributed by atoms with E-state index < -0.39 is 0 Å². The first-order valence-corrected chi connectivity index (χ1v) is 9.17. The molecule has 0 spiro atoms. The average Bonchev–Trinajstić information content (AvgIpc) is 2.68. The standard InChI is InChI=1S/C21H25N3O2/c25-20(15-17-9-3-1-4-10-17)22-16-21(26)23-18-11-5-6-12-19(18)24-13-7-2-8-14-24/h1,3-6,9-12H,2,7-8,13-16H2,(H,22,25)(H,23,26). The Morgan fingerprint density at radius 2 is 1.54 bits per heavy atom. The smallest absolute Gasteiger partial charge is 0.243 e. The molecule has 3 rings (SSSR count). The summed E-state index contributed by atoms with van der Waals surface area (Å²) in [5, 5.41) is 5.62. The van der Waals surface area contributed by atoms with E-state index in [0.29, 0.717) is 0 Å². The van der Waals surface area contributed by atoms with Crippen LogP contribution in [0.15, 0.2) is 54.6 Å². The third kappa shape index (κ3) is 5.09. The van der Waals surface area contributed by atoms with Crippen molar-refractivity contribution in [3.63, 3.8) is 0 Å². The van der Waals surface area contributed by atoms with Crippen molar-refractivity contribution in [1.82, 2.24) is 5.32 Å². The van der Waals surface area contributed by atoms with E-state index >= 15 is 0 Å². The number of nitrogens with zero attached hydrogens (tertiary/aromatic N) is 1. The predicted molar refractivity (Wildman–Crippen MR) is 104 cm³/mol. The van der Waals surface area contributed by atoms with Crippen molar-refractivity contribution < 1.29 is 9.59 Å². The van der Waals surface area contributed by atoms with Crippen molar-refractivity contribution in [3.8, 4) is 0 Å². The van der Waals surface area contributed by atoms with Crippen LogP contribution in [-0.2, 0) is 16.0 Å². The van der Waals surface area contributed by atoms with E-state index in [9.17, 15) is 9.59 Å². The summed E-state index contributed by atoms with van der Waals surface area (Å²) < 4.78 is 0. The van der Waals surface area contributed by atoms with Gasteiger partial charge in [0.05, 0.1) is 24.3 Å². The van der Waals surface area contributed by atoms with Gasteiger partial charge in [-0.2, -0.15) is 0 Å². The summed E-state index contributed by atoms with van der Waals surface area (Å²) in [4.78, 5) is 26.6. The first-order valence-electron chi connectivity index (χ1n) is 9.17. The van der Waals surface area contributed by atoms with E-state index in [1.165, 1.54) is 19.3 Å². The summed E-state index contributed by atoms with van der Waals surface area (Å²) in [5.41, 5.74) is 2.79. The molecule has 5 heteroatoms. The van der Waals surface area contributed by atoms with Crippen molar-refractivity contribution in [2.45, 2.75) is 25.7 Å². The lowest BCUT2D eigenvalue weighted by molar-refractivity contribution is -0.123. The Balaban J connectivity index is 1.52. The zero-order valence-corrected chi connectivity index (χ0v) is 14.9. The Labute approximate surface area is 154 Å². The van der Waals surface area contributed by atoms with Crippen LogP contribution in [0.2, 0.25) is 0 Å². The highest BCUT2D eigenvalue weighted by molar-refractivity contribution is 5.97. The van der Waals surface area contributed by atoms with Gasteiger partial charge in [0.25, 0.3) is 0 Å². The van der Waals surface area contributed by atoms with Crippen LogP contribution in [0.5, 0.6) is 0 Å². The molecule has 5 nitrogen and oxygen atoms in total. The second-order valence-electron chi connectivity index (χ2n) is 6.55. The molecule has 2 aromatic rings. The lowest BCUT2D eigenvalue weighted by Gasteiger charge is -2.30. The number of anilines is 2. The number of amides is 2. The molecule has 2 amide bonds. The number of nitrogens with one attached hydrogen (secondary N) is 2. The normalized spacial score (nSPS) is 13.9. The molecule has 0 atom stereocenters. The molecule has 1 aliphatic rings. The Morgan fingerprint density at radius 3 is 2.31 bits per heavy atom. The highest BCUT2D eigenvalue weighted by atomic mass is 16.2. The van der Waals surface area contributed by atoms with Gasteiger partial charge in [-0.15, -0.1) is 0 Å². The summed E-state index contributed by atoms with van der Waals surface area (Å²) in [6.07, 6.45) is 3.90. The van der Waals surface area contributed by atoms with Crippen molar-refractivity contribution in [2.75, 3.05) is 29.9 Å².